The van der Waals surface area contributed by atoms with Crippen LogP contribution in [-0.2, 0) is 16.6 Å². The highest BCUT2D eigenvalue weighted by Crippen LogP contribution is 2.51. The summed E-state index contributed by atoms with van der Waals surface area (Å²) in [5.74, 6) is 1.59. The number of benzene rings is 1. The van der Waals surface area contributed by atoms with Crippen LogP contribution < -0.4 is 9.47 Å². The average Bonchev–Trinajstić information content (AvgIpc) is 3.08. The predicted molar refractivity (Wildman–Crippen MR) is 89.0 cm³/mol. The second-order valence-electron chi connectivity index (χ2n) is 6.33. The number of carbonyl (C=O) groups is 2. The van der Waals surface area contributed by atoms with E-state index in [1.54, 1.807) is 0 Å². The maximum atomic E-state index is 12.9. The summed E-state index contributed by atoms with van der Waals surface area (Å²) in [6.07, 6.45) is 1.96. The first-order valence-corrected chi connectivity index (χ1v) is 8.72. The molecule has 0 unspecified atom stereocenters. The summed E-state index contributed by atoms with van der Waals surface area (Å²) >= 11 is 1.33. The van der Waals surface area contributed by atoms with Crippen molar-refractivity contribution in [3.05, 3.63) is 39.3 Å². The zero-order chi connectivity index (χ0) is 16.9. The molecule has 2 aromatic rings. The number of carbonyl (C=O) groups excluding carboxylic acids is 2. The number of rotatable bonds is 5. The molecule has 6 heteroatoms. The van der Waals surface area contributed by atoms with Crippen LogP contribution in [0.2, 0.25) is 0 Å². The van der Waals surface area contributed by atoms with E-state index in [1.807, 2.05) is 25.1 Å². The van der Waals surface area contributed by atoms with Crippen molar-refractivity contribution in [3.63, 3.8) is 0 Å². The van der Waals surface area contributed by atoms with E-state index in [4.69, 9.17) is 9.47 Å². The molecule has 1 aromatic carbocycles. The second kappa shape index (κ2) is 5.41. The lowest BCUT2D eigenvalue weighted by Crippen LogP contribution is -2.22. The van der Waals surface area contributed by atoms with Crippen LogP contribution in [-0.4, -0.2) is 23.3 Å². The largest absolute Gasteiger partial charge is 0.454 e. The van der Waals surface area contributed by atoms with Crippen molar-refractivity contribution in [1.82, 2.24) is 4.98 Å². The van der Waals surface area contributed by atoms with Crippen LogP contribution in [0.1, 0.15) is 45.7 Å². The standard InChI is InChI=1S/C18H17NO4S/c1-10-17(11(2)20)24-16(19-10)8-15(21)18(5-6-18)12-3-4-13-14(7-12)23-9-22-13/h3-4,7H,5-6,8-9H2,1-2H3. The molecule has 0 radical (unpaired) electrons. The number of aromatic nitrogens is 1. The fourth-order valence-electron chi connectivity index (χ4n) is 3.21. The predicted octanol–water partition coefficient (Wildman–Crippen LogP) is 3.23. The molecule has 1 fully saturated rings. The lowest BCUT2D eigenvalue weighted by Gasteiger charge is -2.14. The van der Waals surface area contributed by atoms with Gasteiger partial charge in [0, 0.05) is 6.92 Å². The molecule has 4 rings (SSSR count). The van der Waals surface area contributed by atoms with Crippen LogP contribution in [0, 0.1) is 6.92 Å². The summed E-state index contributed by atoms with van der Waals surface area (Å²) in [7, 11) is 0. The number of fused-ring (bicyclic) bond motifs is 1. The minimum atomic E-state index is -0.434. The zero-order valence-electron chi connectivity index (χ0n) is 13.5. The Hall–Kier alpha value is -2.21. The highest BCUT2D eigenvalue weighted by molar-refractivity contribution is 7.13. The first-order valence-electron chi connectivity index (χ1n) is 7.90. The molecule has 1 aromatic heterocycles. The summed E-state index contributed by atoms with van der Waals surface area (Å²) in [5, 5.41) is 0.717. The number of thiazole rings is 1. The Morgan fingerprint density at radius 1 is 1.25 bits per heavy atom. The third-order valence-corrected chi connectivity index (χ3v) is 5.94. The van der Waals surface area contributed by atoms with Gasteiger partial charge in [0.05, 0.1) is 22.4 Å². The number of aryl methyl sites for hydroxylation is 1. The molecule has 0 bridgehead atoms. The summed E-state index contributed by atoms with van der Waals surface area (Å²) in [6, 6.07) is 5.74. The summed E-state index contributed by atoms with van der Waals surface area (Å²) < 4.78 is 10.8. The van der Waals surface area contributed by atoms with Crippen LogP contribution in [0.3, 0.4) is 0 Å². The maximum absolute atomic E-state index is 12.9. The molecular formula is C18H17NO4S. The van der Waals surface area contributed by atoms with E-state index < -0.39 is 5.41 Å². The van der Waals surface area contributed by atoms with Gasteiger partial charge in [-0.1, -0.05) is 6.07 Å². The summed E-state index contributed by atoms with van der Waals surface area (Å²) in [6.45, 7) is 3.57. The molecule has 124 valence electrons. The van der Waals surface area contributed by atoms with Gasteiger partial charge in [-0.2, -0.15) is 0 Å². The molecule has 0 saturated heterocycles. The van der Waals surface area contributed by atoms with E-state index in [1.165, 1.54) is 18.3 Å². The Morgan fingerprint density at radius 3 is 2.67 bits per heavy atom. The number of nitrogens with zero attached hydrogens (tertiary/aromatic N) is 1. The molecule has 24 heavy (non-hydrogen) atoms. The van der Waals surface area contributed by atoms with Crippen LogP contribution in [0.15, 0.2) is 18.2 Å². The summed E-state index contributed by atoms with van der Waals surface area (Å²) in [5.41, 5.74) is 1.26. The van der Waals surface area contributed by atoms with Crippen LogP contribution >= 0.6 is 11.3 Å². The van der Waals surface area contributed by atoms with Crippen molar-refractivity contribution in [3.8, 4) is 11.5 Å². The minimum Gasteiger partial charge on any atom is -0.454 e. The number of Topliss-reactive ketones (excluding diaryl/α,β-unsaturated/α-hetero) is 2. The zero-order valence-corrected chi connectivity index (χ0v) is 14.4. The Morgan fingerprint density at radius 2 is 2.00 bits per heavy atom. The lowest BCUT2D eigenvalue weighted by atomic mass is 9.89. The third kappa shape index (κ3) is 2.41. The fraction of sp³-hybridized carbons (Fsp3) is 0.389. The van der Waals surface area contributed by atoms with E-state index in [0.717, 1.165) is 29.2 Å². The van der Waals surface area contributed by atoms with Crippen LogP contribution in [0.25, 0.3) is 0 Å². The molecule has 0 amide bonds. The van der Waals surface area contributed by atoms with E-state index in [0.29, 0.717) is 16.3 Å². The molecule has 0 N–H and O–H groups in total. The highest BCUT2D eigenvalue weighted by atomic mass is 32.1. The Bertz CT molecular complexity index is 851. The van der Waals surface area contributed by atoms with E-state index >= 15 is 0 Å². The van der Waals surface area contributed by atoms with Gasteiger partial charge in [0.15, 0.2) is 17.3 Å². The number of hydrogen-bond acceptors (Lipinski definition) is 6. The molecule has 0 atom stereocenters. The Balaban J connectivity index is 1.58. The second-order valence-corrected chi connectivity index (χ2v) is 7.41. The minimum absolute atomic E-state index is 0.000560. The van der Waals surface area contributed by atoms with Crippen LogP contribution in [0.5, 0.6) is 11.5 Å². The van der Waals surface area contributed by atoms with Crippen molar-refractivity contribution >= 4 is 22.9 Å². The van der Waals surface area contributed by atoms with Gasteiger partial charge in [-0.05, 0) is 37.5 Å². The van der Waals surface area contributed by atoms with Gasteiger partial charge in [-0.3, -0.25) is 9.59 Å². The maximum Gasteiger partial charge on any atom is 0.231 e. The first-order chi connectivity index (χ1) is 11.5. The van der Waals surface area contributed by atoms with Crippen LogP contribution in [0.4, 0.5) is 0 Å². The van der Waals surface area contributed by atoms with E-state index in [-0.39, 0.29) is 24.8 Å². The molecule has 2 aliphatic rings. The molecule has 0 spiro atoms. The highest BCUT2D eigenvalue weighted by Gasteiger charge is 2.51. The number of hydrogen-bond donors (Lipinski definition) is 0. The molecular weight excluding hydrogens is 326 g/mol. The van der Waals surface area contributed by atoms with Gasteiger partial charge in [0.25, 0.3) is 0 Å². The summed E-state index contributed by atoms with van der Waals surface area (Å²) in [4.78, 5) is 29.5. The van der Waals surface area contributed by atoms with Gasteiger partial charge in [-0.25, -0.2) is 4.98 Å². The van der Waals surface area contributed by atoms with Gasteiger partial charge >= 0.3 is 0 Å². The normalized spacial score (nSPS) is 16.9. The third-order valence-electron chi connectivity index (χ3n) is 4.68. The smallest absolute Gasteiger partial charge is 0.231 e. The van der Waals surface area contributed by atoms with Crippen molar-refractivity contribution in [2.24, 2.45) is 0 Å². The van der Waals surface area contributed by atoms with Crippen molar-refractivity contribution < 1.29 is 19.1 Å². The molecule has 2 heterocycles. The van der Waals surface area contributed by atoms with Gasteiger partial charge in [0.1, 0.15) is 10.8 Å². The molecule has 1 aliphatic carbocycles. The van der Waals surface area contributed by atoms with Gasteiger partial charge in [-0.15, -0.1) is 11.3 Å². The monoisotopic (exact) mass is 343 g/mol. The van der Waals surface area contributed by atoms with Crippen molar-refractivity contribution in [2.75, 3.05) is 6.79 Å². The number of ketones is 2. The fourth-order valence-corrected chi connectivity index (χ4v) is 4.17. The Kier molecular flexibility index (Phi) is 3.46. The van der Waals surface area contributed by atoms with Gasteiger partial charge < -0.3 is 9.47 Å². The van der Waals surface area contributed by atoms with Crippen molar-refractivity contribution in [1.29, 1.82) is 0 Å². The molecule has 1 aliphatic heterocycles. The SMILES string of the molecule is CC(=O)c1sc(CC(=O)C2(c3ccc4c(c3)OCO4)CC2)nc1C. The van der Waals surface area contributed by atoms with E-state index in [2.05, 4.69) is 4.98 Å². The van der Waals surface area contributed by atoms with E-state index in [9.17, 15) is 9.59 Å². The van der Waals surface area contributed by atoms with Crippen molar-refractivity contribution in [2.45, 2.75) is 38.5 Å². The lowest BCUT2D eigenvalue weighted by molar-refractivity contribution is -0.120. The first kappa shape index (κ1) is 15.3. The Labute approximate surface area is 143 Å². The topological polar surface area (TPSA) is 65.5 Å². The van der Waals surface area contributed by atoms with Gasteiger partial charge in [0.2, 0.25) is 6.79 Å². The number of ether oxygens (including phenoxy) is 2. The average molecular weight is 343 g/mol. The molecule has 1 saturated carbocycles. The quantitative estimate of drug-likeness (QED) is 0.780. The molecule has 5 nitrogen and oxygen atoms in total.